The van der Waals surface area contributed by atoms with E-state index in [0.717, 1.165) is 30.2 Å². The summed E-state index contributed by atoms with van der Waals surface area (Å²) in [5, 5.41) is 8.47. The molecule has 1 aliphatic heterocycles. The van der Waals surface area contributed by atoms with Crippen molar-refractivity contribution in [3.63, 3.8) is 0 Å². The predicted molar refractivity (Wildman–Crippen MR) is 80.5 cm³/mol. The van der Waals surface area contributed by atoms with Crippen LogP contribution in [-0.2, 0) is 12.8 Å². The van der Waals surface area contributed by atoms with Gasteiger partial charge >= 0.3 is 0 Å². The lowest BCUT2D eigenvalue weighted by atomic mass is 9.98. The summed E-state index contributed by atoms with van der Waals surface area (Å²) in [4.78, 5) is 0. The van der Waals surface area contributed by atoms with E-state index in [1.807, 2.05) is 19.2 Å². The third-order valence-electron chi connectivity index (χ3n) is 3.54. The number of rotatable bonds is 4. The molecule has 100 valence electrons. The highest BCUT2D eigenvalue weighted by Gasteiger charge is 2.20. The molecule has 0 saturated carbocycles. The van der Waals surface area contributed by atoms with Crippen LogP contribution in [0.5, 0.6) is 5.75 Å². The molecular weight excluding hydrogens is 278 g/mol. The fourth-order valence-corrected chi connectivity index (χ4v) is 3.56. The molecule has 1 aromatic heterocycles. The van der Waals surface area contributed by atoms with Gasteiger partial charge in [-0.3, -0.25) is 0 Å². The van der Waals surface area contributed by atoms with E-state index in [0.29, 0.717) is 6.04 Å². The van der Waals surface area contributed by atoms with E-state index in [1.54, 1.807) is 11.3 Å². The zero-order chi connectivity index (χ0) is 13.2. The first kappa shape index (κ1) is 13.0. The van der Waals surface area contributed by atoms with Crippen molar-refractivity contribution in [2.45, 2.75) is 18.9 Å². The minimum atomic E-state index is 0.304. The molecule has 0 saturated heterocycles. The summed E-state index contributed by atoms with van der Waals surface area (Å²) in [6.07, 6.45) is 1.86. The molecule has 4 heteroatoms. The standard InChI is InChI=1S/C15H16ClNOS/c1-17-14(11-3-5-19-9-11)8-12-7-13(16)6-10-2-4-18-15(10)12/h3,5-7,9,14,17H,2,4,8H2,1H3. The lowest BCUT2D eigenvalue weighted by Crippen LogP contribution is -2.18. The first-order valence-electron chi connectivity index (χ1n) is 6.41. The number of hydrogen-bond acceptors (Lipinski definition) is 3. The van der Waals surface area contributed by atoms with Crippen molar-refractivity contribution < 1.29 is 4.74 Å². The highest BCUT2D eigenvalue weighted by atomic mass is 35.5. The van der Waals surface area contributed by atoms with Crippen LogP contribution in [0.4, 0.5) is 0 Å². The van der Waals surface area contributed by atoms with Crippen molar-refractivity contribution >= 4 is 22.9 Å². The first-order chi connectivity index (χ1) is 9.28. The Balaban J connectivity index is 1.90. The third kappa shape index (κ3) is 2.64. The molecule has 1 unspecified atom stereocenters. The average Bonchev–Trinajstić information content (AvgIpc) is 3.05. The fourth-order valence-electron chi connectivity index (χ4n) is 2.58. The van der Waals surface area contributed by atoms with Crippen LogP contribution in [0.3, 0.4) is 0 Å². The molecule has 0 radical (unpaired) electrons. The van der Waals surface area contributed by atoms with Crippen LogP contribution in [-0.4, -0.2) is 13.7 Å². The number of halogens is 1. The Hall–Kier alpha value is -1.03. The van der Waals surface area contributed by atoms with Crippen LogP contribution in [0.1, 0.15) is 22.7 Å². The Bertz CT molecular complexity index is 568. The number of nitrogens with one attached hydrogen (secondary N) is 1. The van der Waals surface area contributed by atoms with Crippen LogP contribution in [0.15, 0.2) is 29.0 Å². The molecule has 1 atom stereocenters. The molecule has 3 rings (SSSR count). The zero-order valence-corrected chi connectivity index (χ0v) is 12.4. The van der Waals surface area contributed by atoms with Crippen molar-refractivity contribution in [2.75, 3.05) is 13.7 Å². The summed E-state index contributed by atoms with van der Waals surface area (Å²) in [5.74, 6) is 1.04. The van der Waals surface area contributed by atoms with Crippen LogP contribution in [0.2, 0.25) is 5.02 Å². The van der Waals surface area contributed by atoms with Gasteiger partial charge in [0.15, 0.2) is 0 Å². The van der Waals surface area contributed by atoms with E-state index < -0.39 is 0 Å². The Kier molecular flexibility index (Phi) is 3.78. The van der Waals surface area contributed by atoms with E-state index in [9.17, 15) is 0 Å². The van der Waals surface area contributed by atoms with Crippen LogP contribution in [0.25, 0.3) is 0 Å². The van der Waals surface area contributed by atoms with Crippen LogP contribution >= 0.6 is 22.9 Å². The number of ether oxygens (including phenoxy) is 1. The second kappa shape index (κ2) is 5.53. The van der Waals surface area contributed by atoms with Crippen molar-refractivity contribution in [2.24, 2.45) is 0 Å². The zero-order valence-electron chi connectivity index (χ0n) is 10.8. The van der Waals surface area contributed by atoms with E-state index in [1.165, 1.54) is 16.7 Å². The number of benzene rings is 1. The third-order valence-corrected chi connectivity index (χ3v) is 4.46. The van der Waals surface area contributed by atoms with Gasteiger partial charge in [0.1, 0.15) is 5.75 Å². The van der Waals surface area contributed by atoms with Gasteiger partial charge in [0.2, 0.25) is 0 Å². The maximum atomic E-state index is 6.21. The molecule has 0 bridgehead atoms. The molecule has 1 aromatic carbocycles. The molecule has 0 fully saturated rings. The monoisotopic (exact) mass is 293 g/mol. The number of thiophene rings is 1. The maximum absolute atomic E-state index is 6.21. The predicted octanol–water partition coefficient (Wildman–Crippen LogP) is 3.84. The van der Waals surface area contributed by atoms with Crippen molar-refractivity contribution in [1.82, 2.24) is 5.32 Å². The smallest absolute Gasteiger partial charge is 0.125 e. The highest BCUT2D eigenvalue weighted by Crippen LogP contribution is 2.35. The fraction of sp³-hybridized carbons (Fsp3) is 0.333. The van der Waals surface area contributed by atoms with Gasteiger partial charge in [0.25, 0.3) is 0 Å². The van der Waals surface area contributed by atoms with Gasteiger partial charge in [-0.1, -0.05) is 11.6 Å². The second-order valence-electron chi connectivity index (χ2n) is 4.75. The number of likely N-dealkylation sites (N-methyl/N-ethyl adjacent to an activating group) is 1. The van der Waals surface area contributed by atoms with Crippen LogP contribution in [0, 0.1) is 0 Å². The Morgan fingerprint density at radius 2 is 2.37 bits per heavy atom. The largest absolute Gasteiger partial charge is 0.493 e. The highest BCUT2D eigenvalue weighted by molar-refractivity contribution is 7.07. The summed E-state index contributed by atoms with van der Waals surface area (Å²) >= 11 is 7.93. The Labute approximate surface area is 122 Å². The molecule has 2 heterocycles. The second-order valence-corrected chi connectivity index (χ2v) is 5.97. The normalized spacial score (nSPS) is 15.1. The van der Waals surface area contributed by atoms with Gasteiger partial charge in [0.05, 0.1) is 6.61 Å². The van der Waals surface area contributed by atoms with Gasteiger partial charge < -0.3 is 10.1 Å². The average molecular weight is 294 g/mol. The molecule has 2 nitrogen and oxygen atoms in total. The van der Waals surface area contributed by atoms with E-state index in [2.05, 4.69) is 22.1 Å². The van der Waals surface area contributed by atoms with Crippen molar-refractivity contribution in [3.8, 4) is 5.75 Å². The quantitative estimate of drug-likeness (QED) is 0.925. The molecule has 0 spiro atoms. The minimum absolute atomic E-state index is 0.304. The molecule has 2 aromatic rings. The Morgan fingerprint density at radius 1 is 1.47 bits per heavy atom. The van der Waals surface area contributed by atoms with Gasteiger partial charge in [-0.15, -0.1) is 0 Å². The molecule has 0 aliphatic carbocycles. The summed E-state index contributed by atoms with van der Waals surface area (Å²) < 4.78 is 5.76. The molecule has 0 amide bonds. The number of hydrogen-bond donors (Lipinski definition) is 1. The topological polar surface area (TPSA) is 21.3 Å². The van der Waals surface area contributed by atoms with Crippen LogP contribution < -0.4 is 10.1 Å². The van der Waals surface area contributed by atoms with E-state index >= 15 is 0 Å². The van der Waals surface area contributed by atoms with Gasteiger partial charge in [-0.2, -0.15) is 11.3 Å². The lowest BCUT2D eigenvalue weighted by Gasteiger charge is -2.17. The molecule has 19 heavy (non-hydrogen) atoms. The molecule has 1 N–H and O–H groups in total. The first-order valence-corrected chi connectivity index (χ1v) is 7.73. The van der Waals surface area contributed by atoms with Gasteiger partial charge in [-0.25, -0.2) is 0 Å². The summed E-state index contributed by atoms with van der Waals surface area (Å²) in [6, 6.07) is 6.52. The summed E-state index contributed by atoms with van der Waals surface area (Å²) in [5.41, 5.74) is 3.76. The molecular formula is C15H16ClNOS. The van der Waals surface area contributed by atoms with E-state index in [-0.39, 0.29) is 0 Å². The summed E-state index contributed by atoms with van der Waals surface area (Å²) in [6.45, 7) is 0.769. The van der Waals surface area contributed by atoms with Gasteiger partial charge in [0, 0.05) is 17.5 Å². The SMILES string of the molecule is CNC(Cc1cc(Cl)cc2c1OCC2)c1ccsc1. The van der Waals surface area contributed by atoms with E-state index in [4.69, 9.17) is 16.3 Å². The van der Waals surface area contributed by atoms with Crippen molar-refractivity contribution in [3.05, 3.63) is 50.7 Å². The summed E-state index contributed by atoms with van der Waals surface area (Å²) in [7, 11) is 1.99. The number of fused-ring (bicyclic) bond motifs is 1. The lowest BCUT2D eigenvalue weighted by molar-refractivity contribution is 0.352. The Morgan fingerprint density at radius 3 is 3.11 bits per heavy atom. The van der Waals surface area contributed by atoms with Crippen molar-refractivity contribution in [1.29, 1.82) is 0 Å². The van der Waals surface area contributed by atoms with Gasteiger partial charge in [-0.05, 0) is 59.1 Å². The minimum Gasteiger partial charge on any atom is -0.493 e. The maximum Gasteiger partial charge on any atom is 0.125 e. The molecule has 1 aliphatic rings.